The van der Waals surface area contributed by atoms with Crippen LogP contribution < -0.4 is 14.8 Å². The summed E-state index contributed by atoms with van der Waals surface area (Å²) in [5.74, 6) is -0.304. The van der Waals surface area contributed by atoms with E-state index < -0.39 is 6.10 Å². The van der Waals surface area contributed by atoms with E-state index in [1.807, 2.05) is 0 Å². The molecule has 2 aliphatic heterocycles. The van der Waals surface area contributed by atoms with Crippen LogP contribution in [0, 0.1) is 0 Å². The number of Topliss-reactive ketones (excluding diaryl/α,β-unsaturated/α-hetero) is 1. The molecule has 0 spiro atoms. The standard InChI is InChI=1S/C24H30N2O7/c1-31-20-4-3-15(11-18(20)28)21-13-19(29)23-22(33-21)12-17(27)16(24(23)30)14-25-5-2-6-26-7-9-32-10-8-26/h3-4,11-12,21,25,27-28,30H,2,5-10,13-14H2,1H3/t21-/m0/s1. The Morgan fingerprint density at radius 1 is 1.15 bits per heavy atom. The van der Waals surface area contributed by atoms with Crippen molar-refractivity contribution in [2.75, 3.05) is 46.5 Å². The molecule has 2 heterocycles. The minimum absolute atomic E-state index is 0.00349. The quantitative estimate of drug-likeness (QED) is 0.442. The minimum Gasteiger partial charge on any atom is -0.507 e. The summed E-state index contributed by atoms with van der Waals surface area (Å²) >= 11 is 0. The van der Waals surface area contributed by atoms with Crippen molar-refractivity contribution in [3.8, 4) is 28.7 Å². The van der Waals surface area contributed by atoms with Crippen molar-refractivity contribution in [3.05, 3.63) is 41.0 Å². The first-order chi connectivity index (χ1) is 16.0. The molecule has 0 aromatic heterocycles. The number of phenols is 3. The van der Waals surface area contributed by atoms with Gasteiger partial charge in [-0.2, -0.15) is 0 Å². The van der Waals surface area contributed by atoms with Crippen LogP contribution in [0.25, 0.3) is 0 Å². The van der Waals surface area contributed by atoms with E-state index in [9.17, 15) is 20.1 Å². The van der Waals surface area contributed by atoms with Crippen LogP contribution in [-0.4, -0.2) is 72.5 Å². The van der Waals surface area contributed by atoms with E-state index in [4.69, 9.17) is 14.2 Å². The molecule has 4 N–H and O–H groups in total. The van der Waals surface area contributed by atoms with Crippen molar-refractivity contribution in [1.29, 1.82) is 0 Å². The summed E-state index contributed by atoms with van der Waals surface area (Å²) in [5, 5.41) is 34.5. The van der Waals surface area contributed by atoms with E-state index in [-0.39, 0.29) is 52.9 Å². The highest BCUT2D eigenvalue weighted by Crippen LogP contribution is 2.45. The molecule has 2 aliphatic rings. The molecule has 0 amide bonds. The van der Waals surface area contributed by atoms with Gasteiger partial charge in [0.15, 0.2) is 17.3 Å². The largest absolute Gasteiger partial charge is 0.507 e. The zero-order valence-corrected chi connectivity index (χ0v) is 18.7. The summed E-state index contributed by atoms with van der Waals surface area (Å²) in [6.07, 6.45) is 0.277. The number of methoxy groups -OCH3 is 1. The van der Waals surface area contributed by atoms with Gasteiger partial charge in [0, 0.05) is 25.7 Å². The number of morpholine rings is 1. The SMILES string of the molecule is COc1ccc([C@@H]2CC(=O)c3c(cc(O)c(CNCCCN4CCOCC4)c3O)O2)cc1O. The van der Waals surface area contributed by atoms with Crippen LogP contribution in [0.1, 0.15) is 40.4 Å². The number of hydrogen-bond acceptors (Lipinski definition) is 9. The van der Waals surface area contributed by atoms with E-state index in [0.29, 0.717) is 17.9 Å². The third kappa shape index (κ3) is 5.16. The van der Waals surface area contributed by atoms with Crippen LogP contribution in [-0.2, 0) is 11.3 Å². The normalized spacial score (nSPS) is 18.6. The van der Waals surface area contributed by atoms with E-state index in [2.05, 4.69) is 10.2 Å². The van der Waals surface area contributed by atoms with Gasteiger partial charge in [-0.25, -0.2) is 0 Å². The van der Waals surface area contributed by atoms with Gasteiger partial charge in [-0.15, -0.1) is 0 Å². The summed E-state index contributed by atoms with van der Waals surface area (Å²) in [4.78, 5) is 15.2. The molecule has 0 bridgehead atoms. The Kier molecular flexibility index (Phi) is 7.22. The maximum Gasteiger partial charge on any atom is 0.174 e. The highest BCUT2D eigenvalue weighted by molar-refractivity contribution is 6.03. The lowest BCUT2D eigenvalue weighted by Crippen LogP contribution is -2.37. The number of carbonyl (C=O) groups is 1. The lowest BCUT2D eigenvalue weighted by Gasteiger charge is -2.27. The van der Waals surface area contributed by atoms with Crippen LogP contribution in [0.3, 0.4) is 0 Å². The van der Waals surface area contributed by atoms with E-state index in [1.165, 1.54) is 19.2 Å². The number of nitrogens with zero attached hydrogens (tertiary/aromatic N) is 1. The van der Waals surface area contributed by atoms with Crippen molar-refractivity contribution >= 4 is 5.78 Å². The molecule has 9 heteroatoms. The van der Waals surface area contributed by atoms with Gasteiger partial charge in [-0.05, 0) is 37.2 Å². The van der Waals surface area contributed by atoms with Crippen LogP contribution in [0.2, 0.25) is 0 Å². The van der Waals surface area contributed by atoms with Crippen molar-refractivity contribution in [2.24, 2.45) is 0 Å². The summed E-state index contributed by atoms with van der Waals surface area (Å²) in [7, 11) is 1.45. The third-order valence-electron chi connectivity index (χ3n) is 6.07. The number of phenolic OH excluding ortho intramolecular Hbond substituents is 3. The number of aromatic hydroxyl groups is 3. The molecular formula is C24H30N2O7. The molecular weight excluding hydrogens is 428 g/mol. The Labute approximate surface area is 192 Å². The number of ketones is 1. The molecule has 1 atom stereocenters. The van der Waals surface area contributed by atoms with E-state index in [1.54, 1.807) is 12.1 Å². The Morgan fingerprint density at radius 3 is 2.67 bits per heavy atom. The fourth-order valence-electron chi connectivity index (χ4n) is 4.23. The maximum absolute atomic E-state index is 12.9. The zero-order chi connectivity index (χ0) is 23.4. The predicted octanol–water partition coefficient (Wildman–Crippen LogP) is 2.33. The number of fused-ring (bicyclic) bond motifs is 1. The van der Waals surface area contributed by atoms with Crippen molar-refractivity contribution < 1.29 is 34.3 Å². The molecule has 0 saturated carbocycles. The van der Waals surface area contributed by atoms with Gasteiger partial charge in [0.25, 0.3) is 0 Å². The Balaban J connectivity index is 1.41. The monoisotopic (exact) mass is 458 g/mol. The Bertz CT molecular complexity index is 1000. The highest BCUT2D eigenvalue weighted by Gasteiger charge is 2.33. The van der Waals surface area contributed by atoms with Gasteiger partial charge in [0.2, 0.25) is 0 Å². The fraction of sp³-hybridized carbons (Fsp3) is 0.458. The number of rotatable bonds is 8. The highest BCUT2D eigenvalue weighted by atomic mass is 16.5. The molecule has 33 heavy (non-hydrogen) atoms. The van der Waals surface area contributed by atoms with Gasteiger partial charge in [-0.3, -0.25) is 9.69 Å². The number of ether oxygens (including phenoxy) is 3. The summed E-state index contributed by atoms with van der Waals surface area (Å²) in [6.45, 7) is 5.30. The number of hydrogen-bond donors (Lipinski definition) is 4. The van der Waals surface area contributed by atoms with E-state index in [0.717, 1.165) is 39.3 Å². The zero-order valence-electron chi connectivity index (χ0n) is 18.7. The van der Waals surface area contributed by atoms with Gasteiger partial charge in [0.05, 0.1) is 32.3 Å². The smallest absolute Gasteiger partial charge is 0.174 e. The molecule has 2 aromatic carbocycles. The number of nitrogens with one attached hydrogen (secondary N) is 1. The topological polar surface area (TPSA) is 121 Å². The fourth-order valence-corrected chi connectivity index (χ4v) is 4.23. The molecule has 178 valence electrons. The molecule has 1 saturated heterocycles. The van der Waals surface area contributed by atoms with E-state index >= 15 is 0 Å². The van der Waals surface area contributed by atoms with Gasteiger partial charge >= 0.3 is 0 Å². The second-order valence-electron chi connectivity index (χ2n) is 8.25. The first-order valence-corrected chi connectivity index (χ1v) is 11.1. The van der Waals surface area contributed by atoms with Crippen molar-refractivity contribution in [3.63, 3.8) is 0 Å². The average Bonchev–Trinajstić information content (AvgIpc) is 2.80. The molecule has 1 fully saturated rings. The molecule has 2 aromatic rings. The Hall–Kier alpha value is -3.01. The lowest BCUT2D eigenvalue weighted by atomic mass is 9.93. The first-order valence-electron chi connectivity index (χ1n) is 11.1. The third-order valence-corrected chi connectivity index (χ3v) is 6.07. The summed E-state index contributed by atoms with van der Waals surface area (Å²) in [5.41, 5.74) is 0.946. The molecule has 4 rings (SSSR count). The second kappa shape index (κ2) is 10.3. The van der Waals surface area contributed by atoms with Crippen LogP contribution >= 0.6 is 0 Å². The average molecular weight is 459 g/mol. The summed E-state index contributed by atoms with van der Waals surface area (Å²) in [6, 6.07) is 6.15. The number of carbonyl (C=O) groups excluding carboxylic acids is 1. The molecule has 9 nitrogen and oxygen atoms in total. The molecule has 0 radical (unpaired) electrons. The minimum atomic E-state index is -0.648. The van der Waals surface area contributed by atoms with Crippen LogP contribution in [0.15, 0.2) is 24.3 Å². The lowest BCUT2D eigenvalue weighted by molar-refractivity contribution is 0.0374. The van der Waals surface area contributed by atoms with Gasteiger partial charge in [0.1, 0.15) is 28.9 Å². The second-order valence-corrected chi connectivity index (χ2v) is 8.25. The van der Waals surface area contributed by atoms with Crippen molar-refractivity contribution in [1.82, 2.24) is 10.2 Å². The van der Waals surface area contributed by atoms with Gasteiger partial charge < -0.3 is 34.8 Å². The number of benzene rings is 2. The summed E-state index contributed by atoms with van der Waals surface area (Å²) < 4.78 is 16.3. The van der Waals surface area contributed by atoms with Crippen molar-refractivity contribution in [2.45, 2.75) is 25.5 Å². The molecule has 0 unspecified atom stereocenters. The maximum atomic E-state index is 12.9. The first kappa shape index (κ1) is 23.2. The Morgan fingerprint density at radius 2 is 1.94 bits per heavy atom. The van der Waals surface area contributed by atoms with Crippen LogP contribution in [0.5, 0.6) is 28.7 Å². The molecule has 0 aliphatic carbocycles. The van der Waals surface area contributed by atoms with Gasteiger partial charge in [-0.1, -0.05) is 6.07 Å². The predicted molar refractivity (Wildman–Crippen MR) is 120 cm³/mol. The van der Waals surface area contributed by atoms with Crippen LogP contribution in [0.4, 0.5) is 0 Å².